The molecule has 0 rings (SSSR count). The molecule has 2 nitrogen and oxygen atoms in total. The lowest BCUT2D eigenvalue weighted by Crippen LogP contribution is -2.24. The second kappa shape index (κ2) is 6.44. The van der Waals surface area contributed by atoms with Gasteiger partial charge in [0.25, 0.3) is 0 Å². The van der Waals surface area contributed by atoms with Crippen LogP contribution in [0.5, 0.6) is 0 Å². The molecule has 0 heterocycles. The third kappa shape index (κ3) is 4.82. The van der Waals surface area contributed by atoms with Crippen molar-refractivity contribution in [1.29, 1.82) is 0 Å². The summed E-state index contributed by atoms with van der Waals surface area (Å²) in [6.45, 7) is 13.8. The third-order valence-corrected chi connectivity index (χ3v) is 3.06. The molecule has 2 atom stereocenters. The van der Waals surface area contributed by atoms with Crippen molar-refractivity contribution in [3.05, 3.63) is 25.3 Å². The minimum atomic E-state index is -0.224. The molecule has 0 aliphatic rings. The molecule has 0 saturated carbocycles. The van der Waals surface area contributed by atoms with Crippen LogP contribution in [0.15, 0.2) is 25.3 Å². The van der Waals surface area contributed by atoms with Crippen molar-refractivity contribution < 1.29 is 9.53 Å². The predicted molar refractivity (Wildman–Crippen MR) is 63.5 cm³/mol. The Bertz CT molecular complexity index is 233. The molecular formula is C13H22O2. The first kappa shape index (κ1) is 13.9. The van der Waals surface area contributed by atoms with Crippen molar-refractivity contribution in [3.63, 3.8) is 0 Å². The van der Waals surface area contributed by atoms with Crippen LogP contribution >= 0.6 is 0 Å². The molecule has 0 aromatic carbocycles. The maximum atomic E-state index is 10.6. The number of hydrogen-bond donors (Lipinski definition) is 0. The van der Waals surface area contributed by atoms with E-state index in [2.05, 4.69) is 27.0 Å². The van der Waals surface area contributed by atoms with Gasteiger partial charge in [0, 0.05) is 6.92 Å². The van der Waals surface area contributed by atoms with Gasteiger partial charge >= 0.3 is 5.97 Å². The Morgan fingerprint density at radius 1 is 1.53 bits per heavy atom. The van der Waals surface area contributed by atoms with E-state index >= 15 is 0 Å². The highest BCUT2D eigenvalue weighted by molar-refractivity contribution is 5.65. The number of carbonyl (C=O) groups excluding carboxylic acids is 1. The summed E-state index contributed by atoms with van der Waals surface area (Å²) in [6.07, 6.45) is 5.62. The predicted octanol–water partition coefficient (Wildman–Crippen LogP) is 3.34. The molecule has 2 unspecified atom stereocenters. The number of allylic oxidation sites excluding steroid dienone is 2. The van der Waals surface area contributed by atoms with Gasteiger partial charge in [-0.2, -0.15) is 0 Å². The average Bonchev–Trinajstić information content (AvgIpc) is 2.17. The number of rotatable bonds is 7. The van der Waals surface area contributed by atoms with Gasteiger partial charge in [0.2, 0.25) is 0 Å². The first-order valence-electron chi connectivity index (χ1n) is 5.34. The number of carbonyl (C=O) groups is 1. The summed E-state index contributed by atoms with van der Waals surface area (Å²) in [6, 6.07) is 0. The van der Waals surface area contributed by atoms with Gasteiger partial charge in [-0.05, 0) is 24.2 Å². The average molecular weight is 210 g/mol. The molecule has 0 spiro atoms. The minimum Gasteiger partial charge on any atom is -0.466 e. The fraction of sp³-hybridized carbons (Fsp3) is 0.615. The molecule has 0 aliphatic carbocycles. The maximum absolute atomic E-state index is 10.6. The molecule has 0 aliphatic heterocycles. The SMILES string of the molecule is C=CCC(C)C(C)(C=C)CCOC(C)=O. The van der Waals surface area contributed by atoms with Gasteiger partial charge in [-0.1, -0.05) is 26.0 Å². The molecular weight excluding hydrogens is 188 g/mol. The summed E-state index contributed by atoms with van der Waals surface area (Å²) in [7, 11) is 0. The molecule has 0 amide bonds. The Hall–Kier alpha value is -1.05. The van der Waals surface area contributed by atoms with Gasteiger partial charge in [0.1, 0.15) is 0 Å². The van der Waals surface area contributed by atoms with E-state index < -0.39 is 0 Å². The molecule has 0 bridgehead atoms. The Morgan fingerprint density at radius 3 is 2.53 bits per heavy atom. The van der Waals surface area contributed by atoms with Crippen LogP contribution in [0.2, 0.25) is 0 Å². The zero-order chi connectivity index (χ0) is 11.9. The van der Waals surface area contributed by atoms with Crippen LogP contribution in [0.25, 0.3) is 0 Å². The highest BCUT2D eigenvalue weighted by Gasteiger charge is 2.26. The van der Waals surface area contributed by atoms with E-state index in [0.717, 1.165) is 12.8 Å². The van der Waals surface area contributed by atoms with Gasteiger partial charge in [-0.15, -0.1) is 13.2 Å². The second-order valence-electron chi connectivity index (χ2n) is 4.23. The first-order chi connectivity index (χ1) is 6.96. The summed E-state index contributed by atoms with van der Waals surface area (Å²) >= 11 is 0. The van der Waals surface area contributed by atoms with Crippen molar-refractivity contribution in [3.8, 4) is 0 Å². The Morgan fingerprint density at radius 2 is 2.13 bits per heavy atom. The van der Waals surface area contributed by atoms with Crippen LogP contribution < -0.4 is 0 Å². The van der Waals surface area contributed by atoms with Crippen molar-refractivity contribution in [2.24, 2.45) is 11.3 Å². The molecule has 0 N–H and O–H groups in total. The summed E-state index contributed by atoms with van der Waals surface area (Å²) in [5.74, 6) is 0.237. The summed E-state index contributed by atoms with van der Waals surface area (Å²) in [5, 5.41) is 0. The van der Waals surface area contributed by atoms with E-state index in [1.165, 1.54) is 6.92 Å². The normalized spacial score (nSPS) is 16.2. The third-order valence-electron chi connectivity index (χ3n) is 3.06. The lowest BCUT2D eigenvalue weighted by atomic mass is 9.74. The summed E-state index contributed by atoms with van der Waals surface area (Å²) < 4.78 is 4.96. The smallest absolute Gasteiger partial charge is 0.302 e. The van der Waals surface area contributed by atoms with Crippen molar-refractivity contribution in [1.82, 2.24) is 0 Å². The van der Waals surface area contributed by atoms with Crippen LogP contribution in [0.4, 0.5) is 0 Å². The fourth-order valence-electron chi connectivity index (χ4n) is 1.48. The molecule has 15 heavy (non-hydrogen) atoms. The Balaban J connectivity index is 4.23. The lowest BCUT2D eigenvalue weighted by Gasteiger charge is -2.32. The number of hydrogen-bond acceptors (Lipinski definition) is 2. The lowest BCUT2D eigenvalue weighted by molar-refractivity contribution is -0.141. The van der Waals surface area contributed by atoms with E-state index in [-0.39, 0.29) is 11.4 Å². The highest BCUT2D eigenvalue weighted by atomic mass is 16.5. The van der Waals surface area contributed by atoms with Crippen LogP contribution in [0.1, 0.15) is 33.6 Å². The number of ether oxygens (including phenoxy) is 1. The standard InChI is InChI=1S/C13H22O2/c1-6-8-11(3)13(5,7-2)9-10-15-12(4)14/h6-7,11H,1-2,8-10H2,3-5H3. The zero-order valence-corrected chi connectivity index (χ0v) is 10.1. The summed E-state index contributed by atoms with van der Waals surface area (Å²) in [5.41, 5.74) is 0.00361. The second-order valence-corrected chi connectivity index (χ2v) is 4.23. The molecule has 0 fully saturated rings. The first-order valence-corrected chi connectivity index (χ1v) is 5.34. The molecule has 86 valence electrons. The monoisotopic (exact) mass is 210 g/mol. The van der Waals surface area contributed by atoms with Gasteiger partial charge in [-0.3, -0.25) is 4.79 Å². The van der Waals surface area contributed by atoms with Crippen LogP contribution in [-0.2, 0) is 9.53 Å². The van der Waals surface area contributed by atoms with Gasteiger partial charge < -0.3 is 4.74 Å². The zero-order valence-electron chi connectivity index (χ0n) is 10.1. The Kier molecular flexibility index (Phi) is 5.99. The van der Waals surface area contributed by atoms with E-state index in [4.69, 9.17) is 4.74 Å². The van der Waals surface area contributed by atoms with Gasteiger partial charge in [0.15, 0.2) is 0 Å². The van der Waals surface area contributed by atoms with E-state index in [9.17, 15) is 4.79 Å². The Labute approximate surface area is 93.0 Å². The van der Waals surface area contributed by atoms with Gasteiger partial charge in [0.05, 0.1) is 6.61 Å². The van der Waals surface area contributed by atoms with Crippen molar-refractivity contribution >= 4 is 5.97 Å². The molecule has 0 saturated heterocycles. The summed E-state index contributed by atoms with van der Waals surface area (Å²) in [4.78, 5) is 10.6. The van der Waals surface area contributed by atoms with Crippen molar-refractivity contribution in [2.75, 3.05) is 6.61 Å². The highest BCUT2D eigenvalue weighted by Crippen LogP contribution is 2.34. The van der Waals surface area contributed by atoms with Crippen LogP contribution in [-0.4, -0.2) is 12.6 Å². The van der Waals surface area contributed by atoms with E-state index in [1.807, 2.05) is 12.2 Å². The quantitative estimate of drug-likeness (QED) is 0.476. The van der Waals surface area contributed by atoms with Gasteiger partial charge in [-0.25, -0.2) is 0 Å². The maximum Gasteiger partial charge on any atom is 0.302 e. The topological polar surface area (TPSA) is 26.3 Å². The van der Waals surface area contributed by atoms with Crippen LogP contribution in [0, 0.1) is 11.3 Å². The molecule has 0 aromatic rings. The number of esters is 1. The van der Waals surface area contributed by atoms with E-state index in [0.29, 0.717) is 12.5 Å². The van der Waals surface area contributed by atoms with Crippen LogP contribution in [0.3, 0.4) is 0 Å². The molecule has 0 radical (unpaired) electrons. The minimum absolute atomic E-state index is 0.00361. The van der Waals surface area contributed by atoms with Crippen molar-refractivity contribution in [2.45, 2.75) is 33.6 Å². The largest absolute Gasteiger partial charge is 0.466 e. The molecule has 0 aromatic heterocycles. The molecule has 2 heteroatoms. The fourth-order valence-corrected chi connectivity index (χ4v) is 1.48. The van der Waals surface area contributed by atoms with E-state index in [1.54, 1.807) is 0 Å².